The lowest BCUT2D eigenvalue weighted by Gasteiger charge is -1.96. The summed E-state index contributed by atoms with van der Waals surface area (Å²) in [6.07, 6.45) is -5.51. The number of phenols is 1. The van der Waals surface area contributed by atoms with E-state index < -0.39 is 34.5 Å². The molecule has 0 amide bonds. The molecule has 0 saturated heterocycles. The Hall–Kier alpha value is -5.48. The van der Waals surface area contributed by atoms with E-state index in [9.17, 15) is 37.8 Å². The SMILES string of the molecule is Nc1cc([N+](=O)[O-])ccc1O.Nc1ccc2oc(C(F)F)nc2c1.O=[N+]([O-])c1ccc2oc(C(F)F)nc2c1. The lowest BCUT2D eigenvalue weighted by atomic mass is 10.2. The molecule has 3 aromatic carbocycles. The van der Waals surface area contributed by atoms with Gasteiger partial charge in [0.25, 0.3) is 23.2 Å². The zero-order valence-electron chi connectivity index (χ0n) is 19.2. The van der Waals surface area contributed by atoms with Gasteiger partial charge in [-0.25, -0.2) is 9.97 Å². The van der Waals surface area contributed by atoms with Gasteiger partial charge in [0.15, 0.2) is 11.2 Å². The van der Waals surface area contributed by atoms with E-state index >= 15 is 0 Å². The molecule has 0 aliphatic carbocycles. The molecule has 2 aromatic heterocycles. The Morgan fingerprint density at radius 2 is 1.21 bits per heavy atom. The van der Waals surface area contributed by atoms with Crippen molar-refractivity contribution in [2.75, 3.05) is 11.5 Å². The summed E-state index contributed by atoms with van der Waals surface area (Å²) < 4.78 is 58.0. The number of fused-ring (bicyclic) bond motifs is 2. The minimum absolute atomic E-state index is 0.0131. The maximum atomic E-state index is 12.2. The Morgan fingerprint density at radius 1 is 0.744 bits per heavy atom. The first-order valence-corrected chi connectivity index (χ1v) is 10.4. The van der Waals surface area contributed by atoms with E-state index in [-0.39, 0.29) is 33.9 Å². The highest BCUT2D eigenvalue weighted by Crippen LogP contribution is 2.27. The fourth-order valence-corrected chi connectivity index (χ4v) is 2.85. The molecular weight excluding hydrogens is 536 g/mol. The molecule has 2 heterocycles. The summed E-state index contributed by atoms with van der Waals surface area (Å²) in [5.41, 5.74) is 11.6. The average molecular weight is 552 g/mol. The van der Waals surface area contributed by atoms with Crippen LogP contribution in [-0.4, -0.2) is 24.9 Å². The number of alkyl halides is 4. The molecule has 17 heteroatoms. The number of anilines is 2. The third-order valence-corrected chi connectivity index (χ3v) is 4.62. The number of aromatic nitrogens is 2. The monoisotopic (exact) mass is 552 g/mol. The average Bonchev–Trinajstić information content (AvgIpc) is 3.50. The van der Waals surface area contributed by atoms with Crippen LogP contribution in [0.1, 0.15) is 24.6 Å². The molecule has 0 spiro atoms. The van der Waals surface area contributed by atoms with Gasteiger partial charge in [-0.05, 0) is 30.3 Å². The van der Waals surface area contributed by atoms with Crippen LogP contribution < -0.4 is 11.5 Å². The zero-order valence-corrected chi connectivity index (χ0v) is 19.2. The van der Waals surface area contributed by atoms with Crippen molar-refractivity contribution in [2.45, 2.75) is 12.9 Å². The number of nitrogens with zero attached hydrogens (tertiary/aromatic N) is 4. The molecule has 0 aliphatic heterocycles. The summed E-state index contributed by atoms with van der Waals surface area (Å²) in [7, 11) is 0. The predicted octanol–water partition coefficient (Wildman–Crippen LogP) is 5.90. The molecule has 0 radical (unpaired) electrons. The van der Waals surface area contributed by atoms with Crippen molar-refractivity contribution in [3.8, 4) is 5.75 Å². The first-order chi connectivity index (χ1) is 18.3. The predicted molar refractivity (Wildman–Crippen MR) is 128 cm³/mol. The number of nitrogens with two attached hydrogens (primary N) is 2. The Morgan fingerprint density at radius 3 is 1.69 bits per heavy atom. The quantitative estimate of drug-likeness (QED) is 0.0784. The molecule has 5 aromatic rings. The van der Waals surface area contributed by atoms with Crippen molar-refractivity contribution < 1.29 is 41.3 Å². The van der Waals surface area contributed by atoms with Gasteiger partial charge in [0.05, 0.1) is 15.5 Å². The largest absolute Gasteiger partial charge is 0.506 e. The van der Waals surface area contributed by atoms with Gasteiger partial charge in [0, 0.05) is 30.0 Å². The van der Waals surface area contributed by atoms with E-state index in [1.54, 1.807) is 6.07 Å². The van der Waals surface area contributed by atoms with Crippen LogP contribution in [0, 0.1) is 20.2 Å². The van der Waals surface area contributed by atoms with Gasteiger partial charge in [-0.1, -0.05) is 0 Å². The molecule has 0 saturated carbocycles. The van der Waals surface area contributed by atoms with Gasteiger partial charge in [-0.2, -0.15) is 17.6 Å². The van der Waals surface area contributed by atoms with Crippen LogP contribution >= 0.6 is 0 Å². The second-order valence-corrected chi connectivity index (χ2v) is 7.34. The Labute approximate surface area is 213 Å². The second-order valence-electron chi connectivity index (χ2n) is 7.34. The van der Waals surface area contributed by atoms with Gasteiger partial charge in [0.1, 0.15) is 16.8 Å². The Kier molecular flexibility index (Phi) is 8.44. The van der Waals surface area contributed by atoms with Crippen LogP contribution in [-0.2, 0) is 0 Å². The van der Waals surface area contributed by atoms with Crippen LogP contribution in [0.25, 0.3) is 22.2 Å². The summed E-state index contributed by atoms with van der Waals surface area (Å²) in [6, 6.07) is 11.6. The van der Waals surface area contributed by atoms with Gasteiger partial charge in [-0.3, -0.25) is 20.2 Å². The molecule has 13 nitrogen and oxygen atoms in total. The Bertz CT molecular complexity index is 1640. The van der Waals surface area contributed by atoms with Crippen LogP contribution in [0.2, 0.25) is 0 Å². The first-order valence-electron chi connectivity index (χ1n) is 10.4. The van der Waals surface area contributed by atoms with E-state index in [0.717, 1.165) is 12.1 Å². The summed E-state index contributed by atoms with van der Waals surface area (Å²) in [6.45, 7) is 0. The number of hydrogen-bond acceptors (Lipinski definition) is 11. The standard InChI is InChI=1S/C8H4F2N2O3.C8H6F2N2O.C6H6N2O3/c9-7(10)8-11-5-3-4(12(13)14)1-2-6(5)15-8;9-7(10)8-12-5-3-4(11)1-2-6(5)13-8;7-5-3-4(8(10)11)1-2-6(5)9/h1-3,7H;1-3,7H,11H2;1-3,9H,7H2. The summed E-state index contributed by atoms with van der Waals surface area (Å²) in [5, 5.41) is 29.4. The lowest BCUT2D eigenvalue weighted by Crippen LogP contribution is -1.90. The van der Waals surface area contributed by atoms with Gasteiger partial charge in [-0.15, -0.1) is 0 Å². The van der Waals surface area contributed by atoms with Crippen molar-refractivity contribution in [1.29, 1.82) is 0 Å². The summed E-state index contributed by atoms with van der Waals surface area (Å²) in [4.78, 5) is 26.3. The number of benzene rings is 3. The topological polar surface area (TPSA) is 211 Å². The Balaban J connectivity index is 0.000000164. The zero-order chi connectivity index (χ0) is 28.9. The van der Waals surface area contributed by atoms with Crippen molar-refractivity contribution in [2.24, 2.45) is 0 Å². The molecule has 5 rings (SSSR count). The smallest absolute Gasteiger partial charge is 0.313 e. The second kappa shape index (κ2) is 11.7. The van der Waals surface area contributed by atoms with E-state index in [0.29, 0.717) is 16.8 Å². The molecule has 5 N–H and O–H groups in total. The molecule has 0 atom stereocenters. The van der Waals surface area contributed by atoms with Crippen LogP contribution in [0.4, 0.5) is 40.3 Å². The van der Waals surface area contributed by atoms with Crippen molar-refractivity contribution in [3.05, 3.63) is 86.6 Å². The molecule has 39 heavy (non-hydrogen) atoms. The molecule has 204 valence electrons. The molecule has 0 unspecified atom stereocenters. The third-order valence-electron chi connectivity index (χ3n) is 4.62. The number of nitrogen functional groups attached to an aromatic ring is 2. The molecule has 0 bridgehead atoms. The first kappa shape index (κ1) is 28.1. The maximum Gasteiger partial charge on any atom is 0.313 e. The minimum Gasteiger partial charge on any atom is -0.506 e. The highest BCUT2D eigenvalue weighted by atomic mass is 19.3. The number of halogens is 4. The number of oxazole rings is 2. The fourth-order valence-electron chi connectivity index (χ4n) is 2.85. The molecular formula is C22H16F4N6O7. The van der Waals surface area contributed by atoms with E-state index in [4.69, 9.17) is 21.0 Å². The molecule has 0 fully saturated rings. The highest BCUT2D eigenvalue weighted by molar-refractivity contribution is 5.77. The number of hydrogen-bond donors (Lipinski definition) is 3. The number of aromatic hydroxyl groups is 1. The van der Waals surface area contributed by atoms with Crippen LogP contribution in [0.15, 0.2) is 63.4 Å². The third kappa shape index (κ3) is 7.06. The summed E-state index contributed by atoms with van der Waals surface area (Å²) >= 11 is 0. The highest BCUT2D eigenvalue weighted by Gasteiger charge is 2.17. The minimum atomic E-state index is -2.82. The van der Waals surface area contributed by atoms with E-state index in [2.05, 4.69) is 14.4 Å². The van der Waals surface area contributed by atoms with Crippen molar-refractivity contribution >= 4 is 44.9 Å². The normalized spacial score (nSPS) is 10.7. The van der Waals surface area contributed by atoms with E-state index in [1.165, 1.54) is 36.4 Å². The van der Waals surface area contributed by atoms with Crippen LogP contribution in [0.5, 0.6) is 5.75 Å². The van der Waals surface area contributed by atoms with Crippen molar-refractivity contribution in [1.82, 2.24) is 9.97 Å². The maximum absolute atomic E-state index is 12.2. The number of nitro groups is 2. The number of phenolic OH excluding ortho intramolecular Hbond substituents is 1. The van der Waals surface area contributed by atoms with Gasteiger partial charge < -0.3 is 25.4 Å². The van der Waals surface area contributed by atoms with E-state index in [1.807, 2.05) is 0 Å². The van der Waals surface area contributed by atoms with Gasteiger partial charge >= 0.3 is 12.9 Å². The lowest BCUT2D eigenvalue weighted by molar-refractivity contribution is -0.384. The number of nitro benzene ring substituents is 2. The number of rotatable bonds is 4. The van der Waals surface area contributed by atoms with Crippen molar-refractivity contribution in [3.63, 3.8) is 0 Å². The van der Waals surface area contributed by atoms with Gasteiger partial charge in [0.2, 0.25) is 0 Å². The molecule has 0 aliphatic rings. The summed E-state index contributed by atoms with van der Waals surface area (Å²) in [5.74, 6) is -1.44. The number of non-ortho nitro benzene ring substituents is 2. The van der Waals surface area contributed by atoms with Crippen LogP contribution in [0.3, 0.4) is 0 Å². The fraction of sp³-hybridized carbons (Fsp3) is 0.0909.